The summed E-state index contributed by atoms with van der Waals surface area (Å²) in [5.74, 6) is 3.30. The van der Waals surface area contributed by atoms with Crippen LogP contribution in [0.2, 0.25) is 0 Å². The Morgan fingerprint density at radius 3 is 1.90 bits per heavy atom. The zero-order valence-corrected chi connectivity index (χ0v) is 8.07. The van der Waals surface area contributed by atoms with Crippen LogP contribution in [-0.4, -0.2) is 0 Å². The van der Waals surface area contributed by atoms with Crippen molar-refractivity contribution in [3.8, 4) is 0 Å². The van der Waals surface area contributed by atoms with Crippen LogP contribution < -0.4 is 0 Å². The third-order valence-corrected chi connectivity index (χ3v) is 1.63. The zero-order chi connectivity index (χ0) is 8.15. The van der Waals surface area contributed by atoms with Gasteiger partial charge in [0.1, 0.15) is 0 Å². The van der Waals surface area contributed by atoms with Gasteiger partial charge in [-0.2, -0.15) is 0 Å². The number of hydrogen-bond donors (Lipinski definition) is 0. The molecule has 0 saturated carbocycles. The van der Waals surface area contributed by atoms with E-state index in [1.54, 1.807) is 5.92 Å². The van der Waals surface area contributed by atoms with E-state index in [-0.39, 0.29) is 0 Å². The van der Waals surface area contributed by atoms with Gasteiger partial charge in [-0.05, 0) is 18.3 Å². The van der Waals surface area contributed by atoms with Crippen LogP contribution in [0, 0.1) is 17.8 Å². The fourth-order valence-corrected chi connectivity index (χ4v) is 1.58. The molecule has 0 spiro atoms. The van der Waals surface area contributed by atoms with Crippen LogP contribution in [0.25, 0.3) is 0 Å². The standard InChI is InChI=1S/C10H21/c1-8(2)6-10(5)7-9(3)4/h8,10H,6-7H2,1-5H3/q+1. The molecule has 0 rings (SSSR count). The Kier molecular flexibility index (Phi) is 4.59. The minimum absolute atomic E-state index is 0.856. The van der Waals surface area contributed by atoms with Crippen molar-refractivity contribution in [2.75, 3.05) is 0 Å². The molecule has 1 unspecified atom stereocenters. The van der Waals surface area contributed by atoms with Crippen LogP contribution in [0.15, 0.2) is 0 Å². The average Bonchev–Trinajstić information content (AvgIpc) is 1.58. The summed E-state index contributed by atoms with van der Waals surface area (Å²) in [6.45, 7) is 11.4. The third kappa shape index (κ3) is 6.00. The maximum atomic E-state index is 2.34. The topological polar surface area (TPSA) is 0 Å². The minimum Gasteiger partial charge on any atom is -0.0628 e. The summed E-state index contributed by atoms with van der Waals surface area (Å²) in [5.41, 5.74) is 0. The summed E-state index contributed by atoms with van der Waals surface area (Å²) < 4.78 is 0. The summed E-state index contributed by atoms with van der Waals surface area (Å²) in [4.78, 5) is 0. The number of hydrogen-bond acceptors (Lipinski definition) is 0. The van der Waals surface area contributed by atoms with Crippen molar-refractivity contribution < 1.29 is 0 Å². The Labute approximate surface area is 66.0 Å². The van der Waals surface area contributed by atoms with E-state index in [0.717, 1.165) is 11.8 Å². The lowest BCUT2D eigenvalue weighted by molar-refractivity contribution is 0.422. The molecule has 0 amide bonds. The maximum absolute atomic E-state index is 2.34. The molecule has 0 fully saturated rings. The molecule has 0 nitrogen and oxygen atoms in total. The van der Waals surface area contributed by atoms with Gasteiger partial charge >= 0.3 is 0 Å². The molecule has 0 heterocycles. The van der Waals surface area contributed by atoms with Crippen molar-refractivity contribution in [1.29, 1.82) is 0 Å². The van der Waals surface area contributed by atoms with Gasteiger partial charge in [0.2, 0.25) is 0 Å². The highest BCUT2D eigenvalue weighted by Crippen LogP contribution is 2.19. The summed E-state index contributed by atoms with van der Waals surface area (Å²) in [5, 5.41) is 0. The summed E-state index contributed by atoms with van der Waals surface area (Å²) >= 11 is 0. The van der Waals surface area contributed by atoms with Gasteiger partial charge in [0.25, 0.3) is 0 Å². The van der Waals surface area contributed by atoms with Crippen molar-refractivity contribution in [2.45, 2.75) is 47.5 Å². The second-order valence-corrected chi connectivity index (χ2v) is 4.15. The highest BCUT2D eigenvalue weighted by molar-refractivity contribution is 4.79. The second kappa shape index (κ2) is 4.65. The van der Waals surface area contributed by atoms with Gasteiger partial charge in [-0.1, -0.05) is 20.8 Å². The first kappa shape index (κ1) is 9.87. The predicted molar refractivity (Wildman–Crippen MR) is 47.8 cm³/mol. The first-order valence-electron chi connectivity index (χ1n) is 4.31. The van der Waals surface area contributed by atoms with Crippen molar-refractivity contribution in [3.63, 3.8) is 0 Å². The Morgan fingerprint density at radius 2 is 1.60 bits per heavy atom. The molecular weight excluding hydrogens is 120 g/mol. The summed E-state index contributed by atoms with van der Waals surface area (Å²) in [6.07, 6.45) is 2.67. The van der Waals surface area contributed by atoms with E-state index in [2.05, 4.69) is 34.6 Å². The van der Waals surface area contributed by atoms with Crippen LogP contribution in [0.1, 0.15) is 47.5 Å². The van der Waals surface area contributed by atoms with Gasteiger partial charge in [-0.25, -0.2) is 0 Å². The smallest absolute Gasteiger partial charge is 0.0628 e. The second-order valence-electron chi connectivity index (χ2n) is 4.15. The third-order valence-electron chi connectivity index (χ3n) is 1.63. The van der Waals surface area contributed by atoms with Gasteiger partial charge in [-0.15, -0.1) is 0 Å². The molecule has 0 aromatic rings. The Balaban J connectivity index is 3.34. The fraction of sp³-hybridized carbons (Fsp3) is 0.900. The predicted octanol–water partition coefficient (Wildman–Crippen LogP) is 3.67. The van der Waals surface area contributed by atoms with Gasteiger partial charge in [0.15, 0.2) is 0 Å². The molecule has 0 aromatic heterocycles. The summed E-state index contributed by atoms with van der Waals surface area (Å²) in [7, 11) is 0. The quantitative estimate of drug-likeness (QED) is 0.524. The van der Waals surface area contributed by atoms with Crippen LogP contribution >= 0.6 is 0 Å². The Morgan fingerprint density at radius 1 is 1.10 bits per heavy atom. The average molecular weight is 141 g/mol. The van der Waals surface area contributed by atoms with Crippen LogP contribution in [0.5, 0.6) is 0 Å². The normalized spacial score (nSPS) is 13.8. The zero-order valence-electron chi connectivity index (χ0n) is 8.07. The van der Waals surface area contributed by atoms with Crippen molar-refractivity contribution in [3.05, 3.63) is 5.92 Å². The minimum atomic E-state index is 0.856. The van der Waals surface area contributed by atoms with E-state index < -0.39 is 0 Å². The van der Waals surface area contributed by atoms with Crippen LogP contribution in [0.4, 0.5) is 0 Å². The van der Waals surface area contributed by atoms with Gasteiger partial charge in [-0.3, -0.25) is 0 Å². The van der Waals surface area contributed by atoms with Crippen molar-refractivity contribution >= 4 is 0 Å². The van der Waals surface area contributed by atoms with Crippen molar-refractivity contribution in [1.82, 2.24) is 0 Å². The molecule has 0 heteroatoms. The Hall–Kier alpha value is -0.130. The van der Waals surface area contributed by atoms with E-state index in [0.29, 0.717) is 0 Å². The largest absolute Gasteiger partial charge is 0.0919 e. The SMILES string of the molecule is C[C+](C)CC(C)CC(C)C. The Bertz CT molecular complexity index is 62.1. The summed E-state index contributed by atoms with van der Waals surface area (Å²) in [6, 6.07) is 0. The van der Waals surface area contributed by atoms with Crippen molar-refractivity contribution in [2.24, 2.45) is 11.8 Å². The molecule has 0 bridgehead atoms. The first-order valence-corrected chi connectivity index (χ1v) is 4.31. The van der Waals surface area contributed by atoms with E-state index >= 15 is 0 Å². The molecule has 0 saturated heterocycles. The molecular formula is C10H21+. The van der Waals surface area contributed by atoms with Gasteiger partial charge in [0.05, 0.1) is 26.2 Å². The highest BCUT2D eigenvalue weighted by Gasteiger charge is 2.12. The van der Waals surface area contributed by atoms with Crippen LogP contribution in [0.3, 0.4) is 0 Å². The van der Waals surface area contributed by atoms with Gasteiger partial charge in [0, 0.05) is 0 Å². The molecule has 0 aliphatic heterocycles. The van der Waals surface area contributed by atoms with E-state index in [1.165, 1.54) is 12.8 Å². The van der Waals surface area contributed by atoms with E-state index in [4.69, 9.17) is 0 Å². The maximum Gasteiger partial charge on any atom is 0.0919 e. The fourth-order valence-electron chi connectivity index (χ4n) is 1.58. The lowest BCUT2D eigenvalue weighted by Gasteiger charge is -2.10. The van der Waals surface area contributed by atoms with E-state index in [1.807, 2.05) is 0 Å². The molecule has 10 heavy (non-hydrogen) atoms. The lowest BCUT2D eigenvalue weighted by atomic mass is 9.91. The van der Waals surface area contributed by atoms with Gasteiger partial charge < -0.3 is 0 Å². The molecule has 0 aliphatic rings. The molecule has 0 N–H and O–H groups in total. The molecule has 0 aliphatic carbocycles. The monoisotopic (exact) mass is 141 g/mol. The first-order chi connectivity index (χ1) is 4.52. The van der Waals surface area contributed by atoms with E-state index in [9.17, 15) is 0 Å². The molecule has 60 valence electrons. The molecule has 0 radical (unpaired) electrons. The van der Waals surface area contributed by atoms with Crippen LogP contribution in [-0.2, 0) is 0 Å². The number of rotatable bonds is 4. The highest BCUT2D eigenvalue weighted by atomic mass is 14.1. The lowest BCUT2D eigenvalue weighted by Crippen LogP contribution is -2.02. The molecule has 0 aromatic carbocycles. The molecule has 1 atom stereocenters.